The zero-order valence-corrected chi connectivity index (χ0v) is 20.6. The summed E-state index contributed by atoms with van der Waals surface area (Å²) in [5, 5.41) is 6.93. The summed E-state index contributed by atoms with van der Waals surface area (Å²) in [7, 11) is -3.85. The molecule has 6 heteroatoms. The van der Waals surface area contributed by atoms with Crippen molar-refractivity contribution in [3.8, 4) is 0 Å². The minimum Gasteiger partial charge on any atom is -0.254 e. The zero-order chi connectivity index (χ0) is 24.4. The molecule has 0 N–H and O–H groups in total. The highest BCUT2D eigenvalue weighted by Crippen LogP contribution is 2.35. The monoisotopic (exact) mass is 481 g/mol. The molecule has 5 rings (SSSR count). The normalized spacial score (nSPS) is 16.2. The molecule has 1 unspecified atom stereocenters. The molecule has 4 aromatic carbocycles. The SMILES string of the molecule is Cc1ccc(C2CN(S(=O)(=O)c3ccc(C)cc3)C(c3ccccc3)=NN2c2ccccc2)cc1. The van der Waals surface area contributed by atoms with E-state index in [1.54, 1.807) is 12.1 Å². The van der Waals surface area contributed by atoms with Gasteiger partial charge in [0.1, 0.15) is 0 Å². The molecule has 0 fully saturated rings. The maximum atomic E-state index is 14.0. The van der Waals surface area contributed by atoms with Crippen molar-refractivity contribution in [1.82, 2.24) is 4.31 Å². The maximum Gasteiger partial charge on any atom is 0.265 e. The highest BCUT2D eigenvalue weighted by Gasteiger charge is 2.38. The van der Waals surface area contributed by atoms with Gasteiger partial charge in [0.05, 0.1) is 23.2 Å². The summed E-state index contributed by atoms with van der Waals surface area (Å²) in [6, 6.07) is 34.3. The number of hydrogen-bond donors (Lipinski definition) is 0. The summed E-state index contributed by atoms with van der Waals surface area (Å²) >= 11 is 0. The van der Waals surface area contributed by atoms with Crippen molar-refractivity contribution in [1.29, 1.82) is 0 Å². The van der Waals surface area contributed by atoms with Gasteiger partial charge in [0.15, 0.2) is 5.84 Å². The average molecular weight is 482 g/mol. The smallest absolute Gasteiger partial charge is 0.254 e. The van der Waals surface area contributed by atoms with Crippen LogP contribution in [0.4, 0.5) is 5.69 Å². The number of anilines is 1. The maximum absolute atomic E-state index is 14.0. The van der Waals surface area contributed by atoms with Gasteiger partial charge in [-0.15, -0.1) is 0 Å². The average Bonchev–Trinajstić information content (AvgIpc) is 2.90. The number of hydrazone groups is 1. The van der Waals surface area contributed by atoms with Crippen LogP contribution in [-0.4, -0.2) is 25.1 Å². The molecule has 5 nitrogen and oxygen atoms in total. The molecule has 35 heavy (non-hydrogen) atoms. The summed E-state index contributed by atoms with van der Waals surface area (Å²) in [6.45, 7) is 4.21. The van der Waals surface area contributed by atoms with Gasteiger partial charge in [0.2, 0.25) is 0 Å². The molecule has 1 atom stereocenters. The van der Waals surface area contributed by atoms with E-state index in [0.717, 1.165) is 27.9 Å². The van der Waals surface area contributed by atoms with Crippen LogP contribution in [0, 0.1) is 13.8 Å². The van der Waals surface area contributed by atoms with E-state index in [2.05, 4.69) is 12.1 Å². The number of rotatable bonds is 5. The first-order valence-corrected chi connectivity index (χ1v) is 13.0. The molecular weight excluding hydrogens is 454 g/mol. The van der Waals surface area contributed by atoms with Gasteiger partial charge in [-0.2, -0.15) is 5.10 Å². The molecular formula is C29H27N3O2S. The molecule has 0 spiro atoms. The van der Waals surface area contributed by atoms with E-state index in [1.165, 1.54) is 4.31 Å². The van der Waals surface area contributed by atoms with Gasteiger partial charge in [0.25, 0.3) is 10.0 Å². The number of sulfonamides is 1. The van der Waals surface area contributed by atoms with Crippen LogP contribution in [0.2, 0.25) is 0 Å². The van der Waals surface area contributed by atoms with Crippen LogP contribution in [0.25, 0.3) is 0 Å². The van der Waals surface area contributed by atoms with Crippen LogP contribution in [0.3, 0.4) is 0 Å². The molecule has 1 heterocycles. The van der Waals surface area contributed by atoms with Crippen molar-refractivity contribution in [3.63, 3.8) is 0 Å². The topological polar surface area (TPSA) is 53.0 Å². The Hall–Kier alpha value is -3.90. The lowest BCUT2D eigenvalue weighted by atomic mass is 10.0. The Morgan fingerprint density at radius 3 is 1.86 bits per heavy atom. The summed E-state index contributed by atoms with van der Waals surface area (Å²) in [5.41, 5.74) is 4.80. The lowest BCUT2D eigenvalue weighted by Gasteiger charge is -2.40. The third-order valence-electron chi connectivity index (χ3n) is 6.20. The third-order valence-corrected chi connectivity index (χ3v) is 7.97. The van der Waals surface area contributed by atoms with Gasteiger partial charge in [-0.1, -0.05) is 96.1 Å². The fourth-order valence-electron chi connectivity index (χ4n) is 4.23. The first-order chi connectivity index (χ1) is 16.9. The highest BCUT2D eigenvalue weighted by atomic mass is 32.2. The molecule has 0 amide bonds. The quantitative estimate of drug-likeness (QED) is 0.356. The van der Waals surface area contributed by atoms with E-state index >= 15 is 0 Å². The van der Waals surface area contributed by atoms with Crippen LogP contribution in [0.15, 0.2) is 119 Å². The lowest BCUT2D eigenvalue weighted by Crippen LogP contribution is -2.48. The molecule has 0 saturated carbocycles. The number of benzene rings is 4. The predicted octanol–water partition coefficient (Wildman–Crippen LogP) is 5.92. The second kappa shape index (κ2) is 9.39. The minimum absolute atomic E-state index is 0.224. The van der Waals surface area contributed by atoms with Crippen LogP contribution in [0.1, 0.15) is 28.3 Å². The Morgan fingerprint density at radius 1 is 0.714 bits per heavy atom. The highest BCUT2D eigenvalue weighted by molar-refractivity contribution is 7.89. The van der Waals surface area contributed by atoms with E-state index in [9.17, 15) is 8.42 Å². The van der Waals surface area contributed by atoms with E-state index in [-0.39, 0.29) is 17.5 Å². The molecule has 0 radical (unpaired) electrons. The van der Waals surface area contributed by atoms with Crippen LogP contribution < -0.4 is 5.01 Å². The van der Waals surface area contributed by atoms with Crippen molar-refractivity contribution in [2.75, 3.05) is 11.6 Å². The van der Waals surface area contributed by atoms with Gasteiger partial charge in [-0.25, -0.2) is 12.7 Å². The number of nitrogens with zero attached hydrogens (tertiary/aromatic N) is 3. The van der Waals surface area contributed by atoms with Crippen molar-refractivity contribution in [2.24, 2.45) is 5.10 Å². The Bertz CT molecular complexity index is 1430. The fourth-order valence-corrected chi connectivity index (χ4v) is 5.68. The molecule has 1 aliphatic heterocycles. The molecule has 4 aromatic rings. The van der Waals surface area contributed by atoms with Gasteiger partial charge in [-0.3, -0.25) is 5.01 Å². The fraction of sp³-hybridized carbons (Fsp3) is 0.138. The lowest BCUT2D eigenvalue weighted by molar-refractivity contribution is 0.454. The first kappa shape index (κ1) is 22.9. The molecule has 0 saturated heterocycles. The van der Waals surface area contributed by atoms with E-state index in [0.29, 0.717) is 5.84 Å². The number of amidine groups is 1. The van der Waals surface area contributed by atoms with Crippen LogP contribution >= 0.6 is 0 Å². The molecule has 0 aromatic heterocycles. The van der Waals surface area contributed by atoms with Gasteiger partial charge in [-0.05, 0) is 43.7 Å². The number of hydrogen-bond acceptors (Lipinski definition) is 4. The van der Waals surface area contributed by atoms with Crippen molar-refractivity contribution in [3.05, 3.63) is 131 Å². The van der Waals surface area contributed by atoms with Crippen molar-refractivity contribution >= 4 is 21.5 Å². The second-order valence-electron chi connectivity index (χ2n) is 8.75. The third kappa shape index (κ3) is 4.57. The van der Waals surface area contributed by atoms with E-state index < -0.39 is 10.0 Å². The Balaban J connectivity index is 1.70. The second-order valence-corrected chi connectivity index (χ2v) is 10.6. The largest absolute Gasteiger partial charge is 0.265 e. The van der Waals surface area contributed by atoms with E-state index in [4.69, 9.17) is 5.10 Å². The number of aryl methyl sites for hydroxylation is 2. The molecule has 0 bridgehead atoms. The summed E-state index contributed by atoms with van der Waals surface area (Å²) in [4.78, 5) is 0.252. The summed E-state index contributed by atoms with van der Waals surface area (Å²) < 4.78 is 29.4. The van der Waals surface area contributed by atoms with Crippen LogP contribution in [0.5, 0.6) is 0 Å². The Morgan fingerprint density at radius 2 is 1.26 bits per heavy atom. The van der Waals surface area contributed by atoms with Gasteiger partial charge < -0.3 is 0 Å². The predicted molar refractivity (Wildman–Crippen MR) is 141 cm³/mol. The Labute approximate surface area is 207 Å². The summed E-state index contributed by atoms with van der Waals surface area (Å²) in [6.07, 6.45) is 0. The number of para-hydroxylation sites is 1. The van der Waals surface area contributed by atoms with Crippen LogP contribution in [-0.2, 0) is 10.0 Å². The van der Waals surface area contributed by atoms with Crippen molar-refractivity contribution < 1.29 is 8.42 Å². The molecule has 176 valence electrons. The van der Waals surface area contributed by atoms with Gasteiger partial charge in [0, 0.05) is 5.56 Å². The Kier molecular flexibility index (Phi) is 6.14. The molecule has 0 aliphatic carbocycles. The molecule has 1 aliphatic rings. The van der Waals surface area contributed by atoms with Gasteiger partial charge >= 0.3 is 0 Å². The minimum atomic E-state index is -3.85. The van der Waals surface area contributed by atoms with Crippen molar-refractivity contribution in [2.45, 2.75) is 24.8 Å². The van der Waals surface area contributed by atoms with E-state index in [1.807, 2.05) is 104 Å². The first-order valence-electron chi connectivity index (χ1n) is 11.6. The zero-order valence-electron chi connectivity index (χ0n) is 19.7. The summed E-state index contributed by atoms with van der Waals surface area (Å²) in [5.74, 6) is 0.401. The standard InChI is InChI=1S/C29H27N3O2S/c1-22-13-17-24(18-14-22)28-21-31(35(33,34)27-19-15-23(2)16-20-27)29(25-9-5-3-6-10-25)30-32(28)26-11-7-4-8-12-26/h3-20,28H,21H2,1-2H3.